The zero-order chi connectivity index (χ0) is 18.2. The summed E-state index contributed by atoms with van der Waals surface area (Å²) < 4.78 is 6.64. The van der Waals surface area contributed by atoms with Crippen molar-refractivity contribution < 1.29 is 9.53 Å². The third-order valence-corrected chi connectivity index (χ3v) is 4.63. The summed E-state index contributed by atoms with van der Waals surface area (Å²) in [7, 11) is 0. The molecule has 7 heteroatoms. The number of piperazine rings is 1. The van der Waals surface area contributed by atoms with Crippen molar-refractivity contribution in [1.82, 2.24) is 19.9 Å². The Morgan fingerprint density at radius 3 is 2.54 bits per heavy atom. The van der Waals surface area contributed by atoms with Crippen molar-refractivity contribution in [3.8, 4) is 0 Å². The van der Waals surface area contributed by atoms with Crippen LogP contribution in [0.15, 0.2) is 36.5 Å². The zero-order valence-electron chi connectivity index (χ0n) is 15.4. The first-order valence-electron chi connectivity index (χ1n) is 9.36. The van der Waals surface area contributed by atoms with Gasteiger partial charge < -0.3 is 9.64 Å². The molecule has 0 N–H and O–H groups in total. The van der Waals surface area contributed by atoms with Gasteiger partial charge in [-0.15, -0.1) is 5.10 Å². The molecule has 140 valence electrons. The number of anilines is 1. The molecule has 26 heavy (non-hydrogen) atoms. The Labute approximate surface area is 154 Å². The minimum atomic E-state index is -0.407. The molecule has 0 amide bonds. The molecule has 3 rings (SSSR count). The first-order valence-corrected chi connectivity index (χ1v) is 9.36. The van der Waals surface area contributed by atoms with Crippen LogP contribution in [0, 0.1) is 0 Å². The van der Waals surface area contributed by atoms with Crippen molar-refractivity contribution in [3.63, 3.8) is 0 Å². The van der Waals surface area contributed by atoms with Gasteiger partial charge in [0.2, 0.25) is 0 Å². The standard InChI is InChI=1S/C19H27N5O2/c1-2-26-19(25)18-16-24(21-20-18)11-7-6-10-22-12-14-23(15-13-22)17-8-4-3-5-9-17/h3-5,8-9,16H,2,6-7,10-15H2,1H3. The average Bonchev–Trinajstić information content (AvgIpc) is 3.16. The van der Waals surface area contributed by atoms with Crippen LogP contribution >= 0.6 is 0 Å². The number of nitrogens with zero attached hydrogens (tertiary/aromatic N) is 5. The molecule has 1 fully saturated rings. The summed E-state index contributed by atoms with van der Waals surface area (Å²) in [5.41, 5.74) is 1.60. The molecule has 2 aromatic rings. The zero-order valence-corrected chi connectivity index (χ0v) is 15.4. The summed E-state index contributed by atoms with van der Waals surface area (Å²) in [6.45, 7) is 8.37. The Kier molecular flexibility index (Phi) is 6.60. The maximum Gasteiger partial charge on any atom is 0.360 e. The number of benzene rings is 1. The SMILES string of the molecule is CCOC(=O)c1cn(CCCCN2CCN(c3ccccc3)CC2)nn1. The predicted octanol–water partition coefficient (Wildman–Crippen LogP) is 2.06. The van der Waals surface area contributed by atoms with Crippen molar-refractivity contribution in [1.29, 1.82) is 0 Å². The van der Waals surface area contributed by atoms with E-state index in [0.717, 1.165) is 52.1 Å². The van der Waals surface area contributed by atoms with Gasteiger partial charge in [-0.25, -0.2) is 4.79 Å². The van der Waals surface area contributed by atoms with Crippen molar-refractivity contribution in [3.05, 3.63) is 42.2 Å². The number of ether oxygens (including phenoxy) is 1. The molecule has 7 nitrogen and oxygen atoms in total. The van der Waals surface area contributed by atoms with Crippen molar-refractivity contribution >= 4 is 11.7 Å². The van der Waals surface area contributed by atoms with Crippen LogP contribution in [0.5, 0.6) is 0 Å². The predicted molar refractivity (Wildman–Crippen MR) is 100 cm³/mol. The second-order valence-electron chi connectivity index (χ2n) is 6.46. The lowest BCUT2D eigenvalue weighted by atomic mass is 10.2. The first kappa shape index (κ1) is 18.4. The minimum Gasteiger partial charge on any atom is -0.461 e. The van der Waals surface area contributed by atoms with Gasteiger partial charge >= 0.3 is 5.97 Å². The van der Waals surface area contributed by atoms with Crippen molar-refractivity contribution in [2.75, 3.05) is 44.2 Å². The number of carbonyl (C=O) groups is 1. The number of esters is 1. The molecule has 2 heterocycles. The third kappa shape index (κ3) is 5.05. The Balaban J connectivity index is 1.33. The third-order valence-electron chi connectivity index (χ3n) is 4.63. The van der Waals surface area contributed by atoms with Gasteiger partial charge in [-0.05, 0) is 38.4 Å². The minimum absolute atomic E-state index is 0.281. The quantitative estimate of drug-likeness (QED) is 0.532. The summed E-state index contributed by atoms with van der Waals surface area (Å²) in [4.78, 5) is 16.5. The summed E-state index contributed by atoms with van der Waals surface area (Å²) in [6.07, 6.45) is 3.79. The Bertz CT molecular complexity index is 680. The van der Waals surface area contributed by atoms with E-state index in [1.54, 1.807) is 17.8 Å². The lowest BCUT2D eigenvalue weighted by molar-refractivity contribution is 0.0519. The van der Waals surface area contributed by atoms with Crippen LogP contribution in [-0.2, 0) is 11.3 Å². The molecule has 1 aliphatic heterocycles. The second-order valence-corrected chi connectivity index (χ2v) is 6.46. The van der Waals surface area contributed by atoms with Gasteiger partial charge in [0.1, 0.15) is 0 Å². The molecule has 0 saturated carbocycles. The van der Waals surface area contributed by atoms with Crippen LogP contribution in [0.25, 0.3) is 0 Å². The lowest BCUT2D eigenvalue weighted by Gasteiger charge is -2.36. The van der Waals surface area contributed by atoms with Gasteiger partial charge in [-0.1, -0.05) is 23.4 Å². The van der Waals surface area contributed by atoms with E-state index in [0.29, 0.717) is 6.61 Å². The lowest BCUT2D eigenvalue weighted by Crippen LogP contribution is -2.46. The number of aryl methyl sites for hydroxylation is 1. The summed E-state index contributed by atoms with van der Waals surface area (Å²) in [5, 5.41) is 7.86. The van der Waals surface area contributed by atoms with Gasteiger partial charge in [-0.3, -0.25) is 9.58 Å². The molecule has 0 radical (unpaired) electrons. The molecule has 1 aliphatic rings. The summed E-state index contributed by atoms with van der Waals surface area (Å²) in [5.74, 6) is -0.407. The van der Waals surface area contributed by atoms with Gasteiger partial charge in [0.25, 0.3) is 0 Å². The molecule has 1 saturated heterocycles. The number of rotatable bonds is 8. The van der Waals surface area contributed by atoms with E-state index in [2.05, 4.69) is 50.4 Å². The fraction of sp³-hybridized carbons (Fsp3) is 0.526. The van der Waals surface area contributed by atoms with Crippen LogP contribution in [0.2, 0.25) is 0 Å². The van der Waals surface area contributed by atoms with Crippen LogP contribution in [-0.4, -0.2) is 65.2 Å². The highest BCUT2D eigenvalue weighted by molar-refractivity contribution is 5.86. The van der Waals surface area contributed by atoms with E-state index in [4.69, 9.17) is 4.74 Å². The monoisotopic (exact) mass is 357 g/mol. The molecular formula is C19H27N5O2. The van der Waals surface area contributed by atoms with Crippen LogP contribution in [0.4, 0.5) is 5.69 Å². The Morgan fingerprint density at radius 2 is 1.81 bits per heavy atom. The topological polar surface area (TPSA) is 63.5 Å². The number of unbranched alkanes of at least 4 members (excludes halogenated alkanes) is 1. The molecule has 0 aliphatic carbocycles. The van der Waals surface area contributed by atoms with Crippen LogP contribution in [0.3, 0.4) is 0 Å². The molecule has 0 unspecified atom stereocenters. The van der Waals surface area contributed by atoms with Gasteiger partial charge in [-0.2, -0.15) is 0 Å². The largest absolute Gasteiger partial charge is 0.461 e. The van der Waals surface area contributed by atoms with Crippen molar-refractivity contribution in [2.45, 2.75) is 26.3 Å². The van der Waals surface area contributed by atoms with Crippen molar-refractivity contribution in [2.24, 2.45) is 0 Å². The molecule has 0 bridgehead atoms. The fourth-order valence-electron chi connectivity index (χ4n) is 3.18. The maximum atomic E-state index is 11.6. The highest BCUT2D eigenvalue weighted by atomic mass is 16.5. The highest BCUT2D eigenvalue weighted by Gasteiger charge is 2.16. The molecule has 1 aromatic carbocycles. The van der Waals surface area contributed by atoms with E-state index in [9.17, 15) is 4.79 Å². The summed E-state index contributed by atoms with van der Waals surface area (Å²) >= 11 is 0. The molecule has 0 atom stereocenters. The Morgan fingerprint density at radius 1 is 1.08 bits per heavy atom. The Hall–Kier alpha value is -2.41. The van der Waals surface area contributed by atoms with Crippen LogP contribution in [0.1, 0.15) is 30.3 Å². The molecule has 1 aromatic heterocycles. The van der Waals surface area contributed by atoms with Crippen LogP contribution < -0.4 is 4.90 Å². The number of hydrogen-bond donors (Lipinski definition) is 0. The number of carbonyl (C=O) groups excluding carboxylic acids is 1. The number of aromatic nitrogens is 3. The van der Waals surface area contributed by atoms with E-state index in [-0.39, 0.29) is 5.69 Å². The van der Waals surface area contributed by atoms with Gasteiger partial charge in [0.15, 0.2) is 5.69 Å². The first-order chi connectivity index (χ1) is 12.8. The highest BCUT2D eigenvalue weighted by Crippen LogP contribution is 2.15. The number of para-hydroxylation sites is 1. The fourth-order valence-corrected chi connectivity index (χ4v) is 3.18. The average molecular weight is 357 g/mol. The van der Waals surface area contributed by atoms with E-state index < -0.39 is 5.97 Å². The van der Waals surface area contributed by atoms with E-state index in [1.165, 1.54) is 5.69 Å². The maximum absolute atomic E-state index is 11.6. The number of hydrogen-bond acceptors (Lipinski definition) is 6. The molecule has 0 spiro atoms. The normalized spacial score (nSPS) is 15.2. The molecular weight excluding hydrogens is 330 g/mol. The van der Waals surface area contributed by atoms with Gasteiger partial charge in [0.05, 0.1) is 12.8 Å². The van der Waals surface area contributed by atoms with E-state index in [1.807, 2.05) is 0 Å². The summed E-state index contributed by atoms with van der Waals surface area (Å²) in [6, 6.07) is 10.6. The van der Waals surface area contributed by atoms with Gasteiger partial charge in [0, 0.05) is 38.4 Å². The second kappa shape index (κ2) is 9.33. The van der Waals surface area contributed by atoms with E-state index >= 15 is 0 Å². The smallest absolute Gasteiger partial charge is 0.360 e.